The average molecular weight is 279 g/mol. The zero-order valence-electron chi connectivity index (χ0n) is 13.4. The van der Waals surface area contributed by atoms with Gasteiger partial charge in [-0.15, -0.1) is 0 Å². The smallest absolute Gasteiger partial charge is 0.0128 e. The van der Waals surface area contributed by atoms with Gasteiger partial charge in [0.25, 0.3) is 0 Å². The van der Waals surface area contributed by atoms with Crippen molar-refractivity contribution in [3.63, 3.8) is 0 Å². The summed E-state index contributed by atoms with van der Waals surface area (Å²) in [5, 5.41) is 0. The summed E-state index contributed by atoms with van der Waals surface area (Å²) >= 11 is 0. The van der Waals surface area contributed by atoms with Crippen LogP contribution in [0.1, 0.15) is 64.7 Å². The Morgan fingerprint density at radius 3 is 2.10 bits per heavy atom. The summed E-state index contributed by atoms with van der Waals surface area (Å²) in [6.45, 7) is 3.64. The topological polar surface area (TPSA) is 32.5 Å². The molecule has 0 aromatic rings. The van der Waals surface area contributed by atoms with Crippen molar-refractivity contribution in [1.82, 2.24) is 9.80 Å². The Morgan fingerprint density at radius 2 is 1.55 bits per heavy atom. The molecule has 0 aromatic heterocycles. The van der Waals surface area contributed by atoms with Crippen molar-refractivity contribution in [2.75, 3.05) is 13.6 Å². The summed E-state index contributed by atoms with van der Waals surface area (Å²) in [6.07, 6.45) is 12.1. The van der Waals surface area contributed by atoms with E-state index in [4.69, 9.17) is 5.73 Å². The third kappa shape index (κ3) is 2.90. The molecule has 1 saturated carbocycles. The Balaban J connectivity index is 1.65. The van der Waals surface area contributed by atoms with Crippen LogP contribution in [-0.2, 0) is 0 Å². The molecule has 2 saturated heterocycles. The first-order chi connectivity index (χ1) is 9.69. The third-order valence-electron chi connectivity index (χ3n) is 6.23. The summed E-state index contributed by atoms with van der Waals surface area (Å²) in [4.78, 5) is 5.56. The summed E-state index contributed by atoms with van der Waals surface area (Å²) in [7, 11) is 2.35. The van der Waals surface area contributed by atoms with Crippen LogP contribution in [0.25, 0.3) is 0 Å². The van der Waals surface area contributed by atoms with Gasteiger partial charge in [-0.2, -0.15) is 0 Å². The number of nitrogens with zero attached hydrogens (tertiary/aromatic N) is 2. The molecule has 3 nitrogen and oxygen atoms in total. The summed E-state index contributed by atoms with van der Waals surface area (Å²) in [5.74, 6) is 0. The Labute approximate surface area is 124 Å². The first-order valence-electron chi connectivity index (χ1n) is 8.92. The van der Waals surface area contributed by atoms with Gasteiger partial charge in [-0.3, -0.25) is 4.90 Å². The number of nitrogens with two attached hydrogens (primary N) is 1. The molecule has 0 radical (unpaired) electrons. The molecule has 2 heterocycles. The second kappa shape index (κ2) is 6.33. The normalized spacial score (nSPS) is 42.3. The van der Waals surface area contributed by atoms with E-state index in [9.17, 15) is 0 Å². The van der Waals surface area contributed by atoms with E-state index >= 15 is 0 Å². The molecule has 20 heavy (non-hydrogen) atoms. The van der Waals surface area contributed by atoms with E-state index in [1.807, 2.05) is 0 Å². The molecule has 2 N–H and O–H groups in total. The first-order valence-corrected chi connectivity index (χ1v) is 8.92. The summed E-state index contributed by atoms with van der Waals surface area (Å²) in [6, 6.07) is 3.88. The number of rotatable bonds is 4. The lowest BCUT2D eigenvalue weighted by Gasteiger charge is -2.46. The Bertz CT molecular complexity index is 297. The molecule has 3 heteroatoms. The van der Waals surface area contributed by atoms with Crippen LogP contribution in [0.3, 0.4) is 0 Å². The Kier molecular flexibility index (Phi) is 4.68. The molecule has 2 bridgehead atoms. The van der Waals surface area contributed by atoms with Crippen molar-refractivity contribution in [1.29, 1.82) is 0 Å². The molecule has 3 fully saturated rings. The van der Waals surface area contributed by atoms with Gasteiger partial charge in [0.15, 0.2) is 0 Å². The molecule has 0 aromatic carbocycles. The number of fused-ring (bicyclic) bond motifs is 2. The molecule has 0 spiro atoms. The fourth-order valence-corrected chi connectivity index (χ4v) is 5.01. The summed E-state index contributed by atoms with van der Waals surface area (Å²) in [5.41, 5.74) is 6.10. The van der Waals surface area contributed by atoms with E-state index in [0.717, 1.165) is 24.2 Å². The molecule has 2 atom stereocenters. The second-order valence-electron chi connectivity index (χ2n) is 7.48. The maximum atomic E-state index is 6.10. The van der Waals surface area contributed by atoms with E-state index in [0.29, 0.717) is 6.04 Å². The molecule has 3 rings (SSSR count). The minimum Gasteiger partial charge on any atom is -0.328 e. The largest absolute Gasteiger partial charge is 0.328 e. The highest BCUT2D eigenvalue weighted by Crippen LogP contribution is 2.38. The molecule has 116 valence electrons. The summed E-state index contributed by atoms with van der Waals surface area (Å²) < 4.78 is 0. The quantitative estimate of drug-likeness (QED) is 0.858. The van der Waals surface area contributed by atoms with Gasteiger partial charge in [0.05, 0.1) is 0 Å². The monoisotopic (exact) mass is 279 g/mol. The van der Waals surface area contributed by atoms with E-state index in [-0.39, 0.29) is 0 Å². The molecule has 2 aliphatic heterocycles. The highest BCUT2D eigenvalue weighted by atomic mass is 15.3. The lowest BCUT2D eigenvalue weighted by molar-refractivity contribution is 0.0342. The molecular weight excluding hydrogens is 246 g/mol. The van der Waals surface area contributed by atoms with Gasteiger partial charge >= 0.3 is 0 Å². The molecule has 3 aliphatic rings. The van der Waals surface area contributed by atoms with Crippen LogP contribution in [0, 0.1) is 0 Å². The van der Waals surface area contributed by atoms with Gasteiger partial charge in [-0.1, -0.05) is 6.92 Å². The second-order valence-corrected chi connectivity index (χ2v) is 7.48. The fourth-order valence-electron chi connectivity index (χ4n) is 5.01. The van der Waals surface area contributed by atoms with Crippen molar-refractivity contribution in [2.45, 2.75) is 94.9 Å². The van der Waals surface area contributed by atoms with Gasteiger partial charge < -0.3 is 10.6 Å². The molecular formula is C17H33N3. The highest BCUT2D eigenvalue weighted by Gasteiger charge is 2.41. The van der Waals surface area contributed by atoms with Crippen LogP contribution in [0.2, 0.25) is 0 Å². The molecule has 0 amide bonds. The average Bonchev–Trinajstić information content (AvgIpc) is 2.67. The fraction of sp³-hybridized carbons (Fsp3) is 1.00. The number of hydrogen-bond acceptors (Lipinski definition) is 3. The van der Waals surface area contributed by atoms with Crippen LogP contribution in [0.5, 0.6) is 0 Å². The van der Waals surface area contributed by atoms with Gasteiger partial charge in [-0.25, -0.2) is 0 Å². The van der Waals surface area contributed by atoms with Crippen LogP contribution in [0.15, 0.2) is 0 Å². The third-order valence-corrected chi connectivity index (χ3v) is 6.23. The van der Waals surface area contributed by atoms with E-state index in [2.05, 4.69) is 23.8 Å². The lowest BCUT2D eigenvalue weighted by atomic mass is 9.87. The van der Waals surface area contributed by atoms with Crippen LogP contribution < -0.4 is 5.73 Å². The maximum absolute atomic E-state index is 6.10. The van der Waals surface area contributed by atoms with Crippen molar-refractivity contribution >= 4 is 0 Å². The van der Waals surface area contributed by atoms with Crippen LogP contribution in [-0.4, -0.2) is 53.6 Å². The minimum atomic E-state index is 0.475. The van der Waals surface area contributed by atoms with Gasteiger partial charge in [0, 0.05) is 30.2 Å². The number of piperidine rings is 1. The van der Waals surface area contributed by atoms with E-state index in [1.165, 1.54) is 64.3 Å². The van der Waals surface area contributed by atoms with Crippen molar-refractivity contribution < 1.29 is 0 Å². The van der Waals surface area contributed by atoms with E-state index in [1.54, 1.807) is 0 Å². The minimum absolute atomic E-state index is 0.475. The first kappa shape index (κ1) is 14.8. The molecule has 2 unspecified atom stereocenters. The maximum Gasteiger partial charge on any atom is 0.0128 e. The van der Waals surface area contributed by atoms with Gasteiger partial charge in [0.1, 0.15) is 0 Å². The van der Waals surface area contributed by atoms with Crippen LogP contribution >= 0.6 is 0 Å². The van der Waals surface area contributed by atoms with Crippen molar-refractivity contribution in [3.05, 3.63) is 0 Å². The molecule has 1 aliphatic carbocycles. The lowest BCUT2D eigenvalue weighted by Crippen LogP contribution is -2.53. The SMILES string of the molecule is CCCN(C1CCC(N)CC1)C1CC2CCC(C1)N2C. The van der Waals surface area contributed by atoms with Gasteiger partial charge in [0.2, 0.25) is 0 Å². The highest BCUT2D eigenvalue weighted by molar-refractivity contribution is 4.98. The van der Waals surface area contributed by atoms with E-state index < -0.39 is 0 Å². The number of hydrogen-bond donors (Lipinski definition) is 1. The predicted octanol–water partition coefficient (Wildman–Crippen LogP) is 2.59. The van der Waals surface area contributed by atoms with Crippen molar-refractivity contribution in [2.24, 2.45) is 5.73 Å². The van der Waals surface area contributed by atoms with Gasteiger partial charge in [-0.05, 0) is 71.4 Å². The van der Waals surface area contributed by atoms with Crippen LogP contribution in [0.4, 0.5) is 0 Å². The predicted molar refractivity (Wildman–Crippen MR) is 84.8 cm³/mol. The zero-order valence-corrected chi connectivity index (χ0v) is 13.4. The Morgan fingerprint density at radius 1 is 0.950 bits per heavy atom. The zero-order chi connectivity index (χ0) is 14.1. The standard InChI is InChI=1S/C17H33N3/c1-3-10-20(14-6-4-13(18)5-7-14)17-11-15-8-9-16(12-17)19(15)2/h13-17H,3-12,18H2,1-2H3. The Hall–Kier alpha value is -0.120. The van der Waals surface area contributed by atoms with Crippen molar-refractivity contribution in [3.8, 4) is 0 Å².